The number of thioether (sulfide) groups is 1. The molecule has 0 saturated heterocycles. The molecule has 110 valence electrons. The Hall–Kier alpha value is -1.57. The van der Waals surface area contributed by atoms with Gasteiger partial charge in [0.2, 0.25) is 0 Å². The van der Waals surface area contributed by atoms with Crippen LogP contribution in [0.5, 0.6) is 0 Å². The lowest BCUT2D eigenvalue weighted by atomic mass is 10.1. The Kier molecular flexibility index (Phi) is 5.22. The van der Waals surface area contributed by atoms with Crippen LogP contribution in [0.25, 0.3) is 0 Å². The van der Waals surface area contributed by atoms with Crippen molar-refractivity contribution in [3.05, 3.63) is 57.8 Å². The van der Waals surface area contributed by atoms with E-state index in [0.717, 1.165) is 9.37 Å². The molecule has 4 nitrogen and oxygen atoms in total. The van der Waals surface area contributed by atoms with Crippen LogP contribution in [-0.4, -0.2) is 5.91 Å². The van der Waals surface area contributed by atoms with Crippen molar-refractivity contribution in [1.29, 1.82) is 0 Å². The van der Waals surface area contributed by atoms with Crippen molar-refractivity contribution in [3.63, 3.8) is 0 Å². The van der Waals surface area contributed by atoms with E-state index in [9.17, 15) is 9.18 Å². The monoisotopic (exact) mass is 369 g/mol. The molecule has 0 saturated carbocycles. The topological polar surface area (TPSA) is 81.1 Å². The molecule has 0 spiro atoms. The molecule has 1 amide bonds. The summed E-state index contributed by atoms with van der Waals surface area (Å²) in [4.78, 5) is 12.3. The smallest absolute Gasteiger partial charge is 0.265 e. The zero-order valence-corrected chi connectivity index (χ0v) is 13.3. The molecule has 5 N–H and O–H groups in total. The van der Waals surface area contributed by atoms with E-state index in [1.807, 2.05) is 17.6 Å². The number of carbonyl (C=O) groups is 1. The molecule has 2 aromatic carbocycles. The minimum atomic E-state index is -0.454. The van der Waals surface area contributed by atoms with Crippen molar-refractivity contribution >= 4 is 39.3 Å². The molecule has 0 aromatic heterocycles. The van der Waals surface area contributed by atoms with Gasteiger partial charge in [0.25, 0.3) is 5.91 Å². The molecule has 7 heteroatoms. The molecule has 0 atom stereocenters. The predicted octanol–water partition coefficient (Wildman–Crippen LogP) is 3.07. The van der Waals surface area contributed by atoms with Crippen LogP contribution in [0.2, 0.25) is 0 Å². The van der Waals surface area contributed by atoms with Gasteiger partial charge in [-0.3, -0.25) is 10.2 Å². The molecule has 0 fully saturated rings. The van der Waals surface area contributed by atoms with E-state index < -0.39 is 5.91 Å². The second-order valence-corrected chi connectivity index (χ2v) is 6.18. The minimum Gasteiger partial charge on any atom is -0.398 e. The Morgan fingerprint density at radius 3 is 2.71 bits per heavy atom. The first-order valence-corrected chi connectivity index (χ1v) is 7.76. The maximum absolute atomic E-state index is 13.8. The molecule has 0 bridgehead atoms. The number of nitrogens with one attached hydrogen (secondary N) is 1. The molecular formula is C14H13BrFN3OS. The molecule has 0 aliphatic heterocycles. The summed E-state index contributed by atoms with van der Waals surface area (Å²) >= 11 is 4.73. The van der Waals surface area contributed by atoms with Gasteiger partial charge in [-0.05, 0) is 42.0 Å². The number of halogens is 2. The van der Waals surface area contributed by atoms with E-state index in [1.54, 1.807) is 6.07 Å². The molecule has 0 radical (unpaired) electrons. The summed E-state index contributed by atoms with van der Waals surface area (Å²) in [5.74, 6) is 4.61. The number of amides is 1. The molecule has 0 aliphatic rings. The quantitative estimate of drug-likeness (QED) is 0.254. The summed E-state index contributed by atoms with van der Waals surface area (Å²) in [6, 6.07) is 9.65. The van der Waals surface area contributed by atoms with Crippen LogP contribution in [0, 0.1) is 5.82 Å². The van der Waals surface area contributed by atoms with E-state index in [4.69, 9.17) is 11.6 Å². The zero-order valence-electron chi connectivity index (χ0n) is 10.9. The highest BCUT2D eigenvalue weighted by Gasteiger charge is 2.10. The van der Waals surface area contributed by atoms with Gasteiger partial charge in [0.1, 0.15) is 5.82 Å². The fourth-order valence-electron chi connectivity index (χ4n) is 1.72. The molecule has 0 unspecified atom stereocenters. The second-order valence-electron chi connectivity index (χ2n) is 4.25. The third-order valence-corrected chi connectivity index (χ3v) is 4.43. The zero-order chi connectivity index (χ0) is 15.4. The van der Waals surface area contributed by atoms with Crippen LogP contribution in [0.1, 0.15) is 15.9 Å². The van der Waals surface area contributed by atoms with Crippen molar-refractivity contribution in [1.82, 2.24) is 5.43 Å². The van der Waals surface area contributed by atoms with Gasteiger partial charge in [0, 0.05) is 26.4 Å². The fourth-order valence-corrected chi connectivity index (χ4v) is 3.02. The molecule has 0 aliphatic carbocycles. The maximum atomic E-state index is 13.8. The van der Waals surface area contributed by atoms with E-state index in [1.165, 1.54) is 30.0 Å². The average Bonchev–Trinajstić information content (AvgIpc) is 2.47. The number of nitrogen functional groups attached to an aromatic ring is 2. The number of hydrazine groups is 1. The summed E-state index contributed by atoms with van der Waals surface area (Å²) < 4.78 is 14.7. The lowest BCUT2D eigenvalue weighted by Gasteiger charge is -2.08. The number of carbonyl (C=O) groups excluding carboxylic acids is 1. The van der Waals surface area contributed by atoms with Gasteiger partial charge in [-0.1, -0.05) is 15.9 Å². The highest BCUT2D eigenvalue weighted by atomic mass is 79.9. The number of hydrogen-bond donors (Lipinski definition) is 3. The Morgan fingerprint density at radius 2 is 2.05 bits per heavy atom. The van der Waals surface area contributed by atoms with E-state index in [2.05, 4.69) is 15.9 Å². The Labute approximate surface area is 134 Å². The summed E-state index contributed by atoms with van der Waals surface area (Å²) in [5, 5.41) is 0. The predicted molar refractivity (Wildman–Crippen MR) is 86.2 cm³/mol. The van der Waals surface area contributed by atoms with Crippen molar-refractivity contribution in [2.24, 2.45) is 5.84 Å². The summed E-state index contributed by atoms with van der Waals surface area (Å²) in [6.45, 7) is 0. The molecule has 21 heavy (non-hydrogen) atoms. The van der Waals surface area contributed by atoms with Crippen LogP contribution >= 0.6 is 27.7 Å². The summed E-state index contributed by atoms with van der Waals surface area (Å²) in [5.41, 5.74) is 9.28. The van der Waals surface area contributed by atoms with Crippen LogP contribution < -0.4 is 17.0 Å². The van der Waals surface area contributed by atoms with Crippen molar-refractivity contribution < 1.29 is 9.18 Å². The van der Waals surface area contributed by atoms with Crippen LogP contribution in [-0.2, 0) is 5.75 Å². The maximum Gasteiger partial charge on any atom is 0.265 e. The van der Waals surface area contributed by atoms with Gasteiger partial charge in [0.15, 0.2) is 0 Å². The fraction of sp³-hybridized carbons (Fsp3) is 0.0714. The van der Waals surface area contributed by atoms with Gasteiger partial charge in [0.05, 0.1) is 0 Å². The van der Waals surface area contributed by atoms with E-state index in [0.29, 0.717) is 22.6 Å². The summed E-state index contributed by atoms with van der Waals surface area (Å²) in [6.07, 6.45) is 0. The third kappa shape index (κ3) is 3.96. The first kappa shape index (κ1) is 15.8. The van der Waals surface area contributed by atoms with Crippen LogP contribution in [0.4, 0.5) is 10.1 Å². The number of hydrogen-bond acceptors (Lipinski definition) is 4. The lowest BCUT2D eigenvalue weighted by Crippen LogP contribution is -2.30. The second kappa shape index (κ2) is 6.93. The first-order valence-electron chi connectivity index (χ1n) is 5.98. The van der Waals surface area contributed by atoms with Gasteiger partial charge < -0.3 is 5.73 Å². The SMILES string of the molecule is NNC(=O)c1ccc(F)c(CSc2ccc(Br)cc2N)c1. The Morgan fingerprint density at radius 1 is 1.29 bits per heavy atom. The Bertz CT molecular complexity index is 681. The molecular weight excluding hydrogens is 357 g/mol. The molecule has 2 aromatic rings. The number of nitrogens with two attached hydrogens (primary N) is 2. The van der Waals surface area contributed by atoms with Gasteiger partial charge in [-0.2, -0.15) is 0 Å². The highest BCUT2D eigenvalue weighted by Crippen LogP contribution is 2.31. The normalized spacial score (nSPS) is 10.4. The summed E-state index contributed by atoms with van der Waals surface area (Å²) in [7, 11) is 0. The standard InChI is InChI=1S/C14H13BrFN3OS/c15-10-2-4-13(12(17)6-10)21-7-9-5-8(14(20)19-18)1-3-11(9)16/h1-6H,7,17-18H2,(H,19,20). The number of anilines is 1. The van der Waals surface area contributed by atoms with Gasteiger partial charge in [-0.25, -0.2) is 10.2 Å². The molecule has 2 rings (SSSR count). The lowest BCUT2D eigenvalue weighted by molar-refractivity contribution is 0.0953. The van der Waals surface area contributed by atoms with Crippen LogP contribution in [0.15, 0.2) is 45.8 Å². The number of benzene rings is 2. The largest absolute Gasteiger partial charge is 0.398 e. The Balaban J connectivity index is 2.17. The molecule has 0 heterocycles. The minimum absolute atomic E-state index is 0.318. The van der Waals surface area contributed by atoms with Crippen molar-refractivity contribution in [2.45, 2.75) is 10.6 Å². The van der Waals surface area contributed by atoms with Gasteiger partial charge in [-0.15, -0.1) is 11.8 Å². The van der Waals surface area contributed by atoms with E-state index >= 15 is 0 Å². The third-order valence-electron chi connectivity index (χ3n) is 2.79. The first-order chi connectivity index (χ1) is 10.0. The van der Waals surface area contributed by atoms with E-state index in [-0.39, 0.29) is 5.82 Å². The highest BCUT2D eigenvalue weighted by molar-refractivity contribution is 9.10. The van der Waals surface area contributed by atoms with Crippen molar-refractivity contribution in [2.75, 3.05) is 5.73 Å². The van der Waals surface area contributed by atoms with Crippen LogP contribution in [0.3, 0.4) is 0 Å². The average molecular weight is 370 g/mol. The van der Waals surface area contributed by atoms with Gasteiger partial charge >= 0.3 is 0 Å². The number of rotatable bonds is 4. The van der Waals surface area contributed by atoms with Crippen molar-refractivity contribution in [3.8, 4) is 0 Å².